The van der Waals surface area contributed by atoms with Crippen LogP contribution in [0.25, 0.3) is 0 Å². The number of fused-ring (bicyclic) bond motifs is 1. The highest BCUT2D eigenvalue weighted by Crippen LogP contribution is 2.60. The second-order valence-electron chi connectivity index (χ2n) is 10.8. The number of ether oxygens (including phenoxy) is 1. The number of carbonyl (C=O) groups is 1. The summed E-state index contributed by atoms with van der Waals surface area (Å²) < 4.78 is 32.6. The van der Waals surface area contributed by atoms with E-state index in [1.807, 2.05) is 12.1 Å². The summed E-state index contributed by atoms with van der Waals surface area (Å²) in [5.41, 5.74) is 2.93. The van der Waals surface area contributed by atoms with Crippen LogP contribution in [-0.2, 0) is 20.2 Å². The maximum absolute atomic E-state index is 13.1. The molecule has 1 N–H and O–H groups in total. The molecule has 4 aliphatic carbocycles. The van der Waals surface area contributed by atoms with Crippen molar-refractivity contribution in [1.29, 1.82) is 0 Å². The Morgan fingerprint density at radius 2 is 1.62 bits per heavy atom. The van der Waals surface area contributed by atoms with Crippen molar-refractivity contribution in [3.8, 4) is 5.75 Å². The number of amides is 1. The lowest BCUT2D eigenvalue weighted by molar-refractivity contribution is -0.122. The minimum atomic E-state index is -3.53. The first-order valence-corrected chi connectivity index (χ1v) is 14.1. The lowest BCUT2D eigenvalue weighted by atomic mass is 9.48. The number of nitrogens with one attached hydrogen (secondary N) is 1. The molecule has 180 valence electrons. The number of hydrogen-bond acceptors (Lipinski definition) is 4. The van der Waals surface area contributed by atoms with Gasteiger partial charge in [-0.25, -0.2) is 8.42 Å². The van der Waals surface area contributed by atoms with E-state index in [0.29, 0.717) is 22.5 Å². The van der Waals surface area contributed by atoms with Crippen LogP contribution in [0.3, 0.4) is 0 Å². The zero-order valence-corrected chi connectivity index (χ0v) is 20.4. The number of sulfonamides is 1. The fourth-order valence-electron chi connectivity index (χ4n) is 7.35. The van der Waals surface area contributed by atoms with Gasteiger partial charge in [0.1, 0.15) is 5.75 Å². The maximum atomic E-state index is 13.1. The summed E-state index contributed by atoms with van der Waals surface area (Å²) in [7, 11) is -3.53. The lowest BCUT2D eigenvalue weighted by Crippen LogP contribution is -2.49. The van der Waals surface area contributed by atoms with Crippen LogP contribution in [-0.4, -0.2) is 32.7 Å². The molecule has 4 fully saturated rings. The first-order valence-electron chi connectivity index (χ1n) is 12.5. The number of anilines is 2. The van der Waals surface area contributed by atoms with Gasteiger partial charge in [-0.2, -0.15) is 0 Å². The molecule has 4 saturated carbocycles. The summed E-state index contributed by atoms with van der Waals surface area (Å²) in [4.78, 5) is 13.1. The van der Waals surface area contributed by atoms with Crippen LogP contribution in [0.2, 0.25) is 0 Å². The zero-order valence-electron chi connectivity index (χ0n) is 19.6. The molecule has 1 atom stereocenters. The predicted molar refractivity (Wildman–Crippen MR) is 133 cm³/mol. The average Bonchev–Trinajstić information content (AvgIpc) is 2.83. The van der Waals surface area contributed by atoms with Gasteiger partial charge in [0, 0.05) is 5.69 Å². The van der Waals surface area contributed by atoms with Gasteiger partial charge in [0.05, 0.1) is 18.0 Å². The first-order chi connectivity index (χ1) is 16.3. The van der Waals surface area contributed by atoms with E-state index in [2.05, 4.69) is 17.4 Å². The first kappa shape index (κ1) is 22.0. The van der Waals surface area contributed by atoms with Gasteiger partial charge >= 0.3 is 0 Å². The smallest absolute Gasteiger partial charge is 0.267 e. The molecule has 7 heteroatoms. The molecular weight excluding hydrogens is 448 g/mol. The van der Waals surface area contributed by atoms with Crippen molar-refractivity contribution < 1.29 is 17.9 Å². The zero-order chi connectivity index (χ0) is 23.5. The molecule has 2 aromatic rings. The molecule has 6 nitrogen and oxygen atoms in total. The summed E-state index contributed by atoms with van der Waals surface area (Å²) in [6.45, 7) is 1.57. The molecule has 0 radical (unpaired) electrons. The summed E-state index contributed by atoms with van der Waals surface area (Å²) in [6, 6.07) is 15.3. The van der Waals surface area contributed by atoms with E-state index in [1.165, 1.54) is 48.4 Å². The average molecular weight is 481 g/mol. The Morgan fingerprint density at radius 1 is 1.00 bits per heavy atom. The van der Waals surface area contributed by atoms with Gasteiger partial charge in [-0.3, -0.25) is 9.10 Å². The quantitative estimate of drug-likeness (QED) is 0.673. The minimum Gasteiger partial charge on any atom is -0.476 e. The SMILES string of the molecule is CCS(=O)(=O)N1C[C@@H](C(=O)Nc2ccc(C34CC5CC(CC(C5)C3)C4)cc2)Oc2ccccc21. The standard InChI is InChI=1S/C27H32N2O4S/c1-2-34(31,32)29-17-25(33-24-6-4-3-5-23(24)29)26(30)28-22-9-7-21(8-10-22)27-14-18-11-19(15-27)13-20(12-18)16-27/h3-10,18-20,25H,2,11-17H2,1H3,(H,28,30)/t18?,19?,20?,25-,27?/m0/s1. The Morgan fingerprint density at radius 3 is 2.24 bits per heavy atom. The van der Waals surface area contributed by atoms with Crippen molar-refractivity contribution in [3.63, 3.8) is 0 Å². The topological polar surface area (TPSA) is 75.7 Å². The number of benzene rings is 2. The van der Waals surface area contributed by atoms with Crippen LogP contribution in [0, 0.1) is 17.8 Å². The fraction of sp³-hybridized carbons (Fsp3) is 0.519. The van der Waals surface area contributed by atoms with E-state index < -0.39 is 16.1 Å². The van der Waals surface area contributed by atoms with E-state index in [-0.39, 0.29) is 18.2 Å². The number of nitrogens with zero attached hydrogens (tertiary/aromatic N) is 1. The highest BCUT2D eigenvalue weighted by atomic mass is 32.2. The Labute approximate surface area is 201 Å². The summed E-state index contributed by atoms with van der Waals surface area (Å²) in [6.07, 6.45) is 7.26. The second-order valence-corrected chi connectivity index (χ2v) is 13.0. The van der Waals surface area contributed by atoms with Crippen LogP contribution in [0.4, 0.5) is 11.4 Å². The van der Waals surface area contributed by atoms with E-state index in [9.17, 15) is 13.2 Å². The molecule has 1 heterocycles. The molecule has 34 heavy (non-hydrogen) atoms. The Bertz CT molecular complexity index is 1170. The van der Waals surface area contributed by atoms with Gasteiger partial charge in [0.15, 0.2) is 6.10 Å². The molecule has 0 spiro atoms. The molecule has 4 bridgehead atoms. The molecular formula is C27H32N2O4S. The van der Waals surface area contributed by atoms with Gasteiger partial charge in [-0.05, 0) is 98.4 Å². The number of rotatable bonds is 5. The third-order valence-corrected chi connectivity index (χ3v) is 10.3. The third-order valence-electron chi connectivity index (χ3n) is 8.53. The highest BCUT2D eigenvalue weighted by molar-refractivity contribution is 7.92. The summed E-state index contributed by atoms with van der Waals surface area (Å²) >= 11 is 0. The molecule has 0 saturated heterocycles. The largest absolute Gasteiger partial charge is 0.476 e. The number of carbonyl (C=O) groups excluding carboxylic acids is 1. The van der Waals surface area contributed by atoms with Gasteiger partial charge in [0.25, 0.3) is 5.91 Å². The van der Waals surface area contributed by atoms with Crippen molar-refractivity contribution in [1.82, 2.24) is 0 Å². The highest BCUT2D eigenvalue weighted by Gasteiger charge is 2.51. The van der Waals surface area contributed by atoms with Crippen molar-refractivity contribution in [2.24, 2.45) is 17.8 Å². The van der Waals surface area contributed by atoms with E-state index in [0.717, 1.165) is 17.8 Å². The Hall–Kier alpha value is -2.54. The van der Waals surface area contributed by atoms with Crippen LogP contribution in [0.15, 0.2) is 48.5 Å². The van der Waals surface area contributed by atoms with Crippen LogP contribution in [0.1, 0.15) is 51.0 Å². The van der Waals surface area contributed by atoms with E-state index in [4.69, 9.17) is 4.74 Å². The van der Waals surface area contributed by atoms with Crippen molar-refractivity contribution in [3.05, 3.63) is 54.1 Å². The molecule has 1 amide bonds. The molecule has 7 rings (SSSR count). The van der Waals surface area contributed by atoms with E-state index >= 15 is 0 Å². The molecule has 2 aromatic carbocycles. The Balaban J connectivity index is 1.19. The Kier molecular flexibility index (Phi) is 5.17. The van der Waals surface area contributed by atoms with Gasteiger partial charge in [-0.1, -0.05) is 24.3 Å². The number of para-hydroxylation sites is 2. The number of hydrogen-bond donors (Lipinski definition) is 1. The fourth-order valence-corrected chi connectivity index (χ4v) is 8.48. The normalized spacial score (nSPS) is 31.6. The van der Waals surface area contributed by atoms with Gasteiger partial charge in [0.2, 0.25) is 10.0 Å². The van der Waals surface area contributed by atoms with Gasteiger partial charge in [-0.15, -0.1) is 0 Å². The van der Waals surface area contributed by atoms with Crippen molar-refractivity contribution in [2.75, 3.05) is 21.9 Å². The van der Waals surface area contributed by atoms with E-state index in [1.54, 1.807) is 31.2 Å². The van der Waals surface area contributed by atoms with Crippen molar-refractivity contribution >= 4 is 27.3 Å². The minimum absolute atomic E-state index is 0.0373. The maximum Gasteiger partial charge on any atom is 0.267 e. The van der Waals surface area contributed by atoms with Gasteiger partial charge < -0.3 is 10.1 Å². The predicted octanol–water partition coefficient (Wildman–Crippen LogP) is 4.71. The molecule has 1 aliphatic heterocycles. The van der Waals surface area contributed by atoms with Crippen LogP contribution >= 0.6 is 0 Å². The third kappa shape index (κ3) is 3.69. The van der Waals surface area contributed by atoms with Crippen LogP contribution in [0.5, 0.6) is 5.75 Å². The van der Waals surface area contributed by atoms with Crippen LogP contribution < -0.4 is 14.4 Å². The molecule has 5 aliphatic rings. The molecule has 0 unspecified atom stereocenters. The summed E-state index contributed by atoms with van der Waals surface area (Å²) in [5, 5.41) is 2.95. The molecule has 0 aromatic heterocycles. The van der Waals surface area contributed by atoms with Crippen molar-refractivity contribution in [2.45, 2.75) is 57.0 Å². The summed E-state index contributed by atoms with van der Waals surface area (Å²) in [5.74, 6) is 2.69. The monoisotopic (exact) mass is 480 g/mol. The second kappa shape index (κ2) is 8.01. The lowest BCUT2D eigenvalue weighted by Gasteiger charge is -2.57.